The molecule has 30 heavy (non-hydrogen) atoms. The highest BCUT2D eigenvalue weighted by Crippen LogP contribution is 2.24. The predicted molar refractivity (Wildman–Crippen MR) is 114 cm³/mol. The van der Waals surface area contributed by atoms with E-state index in [4.69, 9.17) is 11.6 Å². The molecule has 160 valence electrons. The van der Waals surface area contributed by atoms with Crippen molar-refractivity contribution < 1.29 is 18.0 Å². The lowest BCUT2D eigenvalue weighted by Gasteiger charge is -2.30. The van der Waals surface area contributed by atoms with Crippen LogP contribution in [-0.2, 0) is 26.2 Å². The van der Waals surface area contributed by atoms with Gasteiger partial charge in [0.15, 0.2) is 0 Å². The fourth-order valence-electron chi connectivity index (χ4n) is 3.28. The van der Waals surface area contributed by atoms with Crippen molar-refractivity contribution in [3.05, 3.63) is 65.2 Å². The first-order chi connectivity index (χ1) is 14.4. The van der Waals surface area contributed by atoms with Crippen molar-refractivity contribution in [2.45, 2.75) is 24.3 Å². The average Bonchev–Trinajstić information content (AvgIpc) is 2.77. The molecule has 0 atom stereocenters. The van der Waals surface area contributed by atoms with Gasteiger partial charge >= 0.3 is 0 Å². The first-order valence-corrected chi connectivity index (χ1v) is 11.5. The lowest BCUT2D eigenvalue weighted by atomic mass is 9.97. The molecule has 2 amide bonds. The van der Waals surface area contributed by atoms with Gasteiger partial charge in [-0.3, -0.25) is 9.59 Å². The molecule has 1 aliphatic rings. The zero-order chi connectivity index (χ0) is 21.6. The molecular formula is C21H24ClN3O4S. The molecule has 1 saturated heterocycles. The summed E-state index contributed by atoms with van der Waals surface area (Å²) in [6.07, 6.45) is 0.814. The predicted octanol–water partition coefficient (Wildman–Crippen LogP) is 2.17. The second-order valence-electron chi connectivity index (χ2n) is 7.11. The number of hydrogen-bond donors (Lipinski definition) is 2. The van der Waals surface area contributed by atoms with Crippen molar-refractivity contribution in [3.8, 4) is 0 Å². The van der Waals surface area contributed by atoms with Gasteiger partial charge in [0.1, 0.15) is 0 Å². The quantitative estimate of drug-likeness (QED) is 0.677. The van der Waals surface area contributed by atoms with Crippen LogP contribution in [0.2, 0.25) is 5.02 Å². The Morgan fingerprint density at radius 1 is 0.967 bits per heavy atom. The largest absolute Gasteiger partial charge is 0.350 e. The summed E-state index contributed by atoms with van der Waals surface area (Å²) in [6, 6.07) is 15.5. The maximum absolute atomic E-state index is 12.7. The first kappa shape index (κ1) is 22.3. The number of amides is 2. The van der Waals surface area contributed by atoms with Crippen molar-refractivity contribution in [1.82, 2.24) is 14.9 Å². The van der Waals surface area contributed by atoms with E-state index in [1.54, 1.807) is 0 Å². The Labute approximate surface area is 181 Å². The first-order valence-electron chi connectivity index (χ1n) is 9.70. The van der Waals surface area contributed by atoms with E-state index >= 15 is 0 Å². The van der Waals surface area contributed by atoms with Gasteiger partial charge in [0.05, 0.1) is 11.4 Å². The van der Waals surface area contributed by atoms with E-state index in [2.05, 4.69) is 10.6 Å². The number of sulfonamides is 1. The number of nitrogens with one attached hydrogen (secondary N) is 2. The van der Waals surface area contributed by atoms with Crippen molar-refractivity contribution in [2.75, 3.05) is 19.6 Å². The number of carbonyl (C=O) groups excluding carboxylic acids is 2. The summed E-state index contributed by atoms with van der Waals surface area (Å²) in [5.41, 5.74) is 0.978. The zero-order valence-electron chi connectivity index (χ0n) is 16.4. The molecular weight excluding hydrogens is 426 g/mol. The van der Waals surface area contributed by atoms with Crippen molar-refractivity contribution in [3.63, 3.8) is 0 Å². The van der Waals surface area contributed by atoms with E-state index in [9.17, 15) is 18.0 Å². The Morgan fingerprint density at radius 2 is 1.60 bits per heavy atom. The Hall–Kier alpha value is -2.42. The molecule has 9 heteroatoms. The van der Waals surface area contributed by atoms with Crippen molar-refractivity contribution in [2.24, 2.45) is 5.92 Å². The molecule has 0 unspecified atom stereocenters. The van der Waals surface area contributed by atoms with Gasteiger partial charge in [-0.1, -0.05) is 41.9 Å². The molecule has 1 heterocycles. The van der Waals surface area contributed by atoms with Crippen LogP contribution in [0.3, 0.4) is 0 Å². The van der Waals surface area contributed by atoms with E-state index in [0.717, 1.165) is 5.56 Å². The topological polar surface area (TPSA) is 95.6 Å². The summed E-state index contributed by atoms with van der Waals surface area (Å²) >= 11 is 5.82. The highest BCUT2D eigenvalue weighted by molar-refractivity contribution is 7.89. The Kier molecular flexibility index (Phi) is 7.47. The van der Waals surface area contributed by atoms with E-state index in [1.807, 2.05) is 30.3 Å². The number of hydrogen-bond acceptors (Lipinski definition) is 4. The average molecular weight is 450 g/mol. The molecule has 0 aliphatic carbocycles. The van der Waals surface area contributed by atoms with Gasteiger partial charge in [0.2, 0.25) is 21.8 Å². The third-order valence-corrected chi connectivity index (χ3v) is 7.20. The van der Waals surface area contributed by atoms with Crippen LogP contribution < -0.4 is 10.6 Å². The van der Waals surface area contributed by atoms with E-state index in [-0.39, 0.29) is 42.3 Å². The molecule has 0 bridgehead atoms. The summed E-state index contributed by atoms with van der Waals surface area (Å²) in [5.74, 6) is -0.813. The number of benzene rings is 2. The zero-order valence-corrected chi connectivity index (χ0v) is 18.0. The molecule has 1 fully saturated rings. The summed E-state index contributed by atoms with van der Waals surface area (Å²) in [5, 5.41) is 5.87. The second kappa shape index (κ2) is 10.1. The molecule has 0 radical (unpaired) electrons. The van der Waals surface area contributed by atoms with Crippen molar-refractivity contribution >= 4 is 33.4 Å². The number of carbonyl (C=O) groups is 2. The number of piperidine rings is 1. The lowest BCUT2D eigenvalue weighted by molar-refractivity contribution is -0.129. The minimum Gasteiger partial charge on any atom is -0.350 e. The normalized spacial score (nSPS) is 15.5. The maximum atomic E-state index is 12.7. The monoisotopic (exact) mass is 449 g/mol. The number of nitrogens with zero attached hydrogens (tertiary/aromatic N) is 1. The van der Waals surface area contributed by atoms with Gasteiger partial charge < -0.3 is 10.6 Å². The van der Waals surface area contributed by atoms with Crippen LogP contribution in [0.5, 0.6) is 0 Å². The Morgan fingerprint density at radius 3 is 2.23 bits per heavy atom. The van der Waals surface area contributed by atoms with Crippen LogP contribution in [0.25, 0.3) is 0 Å². The third kappa shape index (κ3) is 5.81. The van der Waals surface area contributed by atoms with Gasteiger partial charge in [-0.15, -0.1) is 0 Å². The minimum atomic E-state index is -3.61. The van der Waals surface area contributed by atoms with Crippen LogP contribution >= 0.6 is 11.6 Å². The lowest BCUT2D eigenvalue weighted by Crippen LogP contribution is -2.45. The van der Waals surface area contributed by atoms with Gasteiger partial charge in [0.25, 0.3) is 0 Å². The van der Waals surface area contributed by atoms with E-state index in [0.29, 0.717) is 24.4 Å². The van der Waals surface area contributed by atoms with Crippen molar-refractivity contribution in [1.29, 1.82) is 0 Å². The third-order valence-electron chi connectivity index (χ3n) is 5.03. The molecule has 1 aliphatic heterocycles. The molecule has 0 spiro atoms. The smallest absolute Gasteiger partial charge is 0.243 e. The molecule has 2 aromatic carbocycles. The molecule has 3 rings (SSSR count). The molecule has 0 aromatic heterocycles. The highest BCUT2D eigenvalue weighted by atomic mass is 35.5. The Bertz CT molecular complexity index is 973. The summed E-state index contributed by atoms with van der Waals surface area (Å²) in [7, 11) is -3.61. The summed E-state index contributed by atoms with van der Waals surface area (Å²) < 4.78 is 26.8. The van der Waals surface area contributed by atoms with Crippen LogP contribution in [0.1, 0.15) is 18.4 Å². The fraction of sp³-hybridized carbons (Fsp3) is 0.333. The van der Waals surface area contributed by atoms with Crippen LogP contribution in [0.4, 0.5) is 0 Å². The number of halogens is 1. The number of rotatable bonds is 7. The van der Waals surface area contributed by atoms with Gasteiger partial charge in [-0.2, -0.15) is 4.31 Å². The van der Waals surface area contributed by atoms with Gasteiger partial charge in [-0.05, 0) is 42.7 Å². The summed E-state index contributed by atoms with van der Waals surface area (Å²) in [4.78, 5) is 24.5. The van der Waals surface area contributed by atoms with Crippen LogP contribution in [0, 0.1) is 5.92 Å². The summed E-state index contributed by atoms with van der Waals surface area (Å²) in [6.45, 7) is 0.804. The molecule has 2 aromatic rings. The van der Waals surface area contributed by atoms with Crippen LogP contribution in [0.15, 0.2) is 59.5 Å². The standard InChI is InChI=1S/C21H24ClN3O4S/c22-18-6-8-19(9-7-18)30(28,29)25-12-10-17(11-13-25)21(27)24-15-20(26)23-14-16-4-2-1-3-5-16/h1-9,17H,10-15H2,(H,23,26)(H,24,27). The second-order valence-corrected chi connectivity index (χ2v) is 9.49. The van der Waals surface area contributed by atoms with Gasteiger partial charge in [0, 0.05) is 30.6 Å². The molecule has 0 saturated carbocycles. The molecule has 7 nitrogen and oxygen atoms in total. The fourth-order valence-corrected chi connectivity index (χ4v) is 4.88. The van der Waals surface area contributed by atoms with Crippen LogP contribution in [-0.4, -0.2) is 44.2 Å². The highest BCUT2D eigenvalue weighted by Gasteiger charge is 2.32. The van der Waals surface area contributed by atoms with E-state index < -0.39 is 10.0 Å². The molecule has 2 N–H and O–H groups in total. The van der Waals surface area contributed by atoms with E-state index in [1.165, 1.54) is 28.6 Å². The Balaban J connectivity index is 1.43. The SMILES string of the molecule is O=C(CNC(=O)C1CCN(S(=O)(=O)c2ccc(Cl)cc2)CC1)NCc1ccccc1. The minimum absolute atomic E-state index is 0.102. The van der Waals surface area contributed by atoms with Gasteiger partial charge in [-0.25, -0.2) is 8.42 Å². The maximum Gasteiger partial charge on any atom is 0.243 e.